The molecular formula is C10H8BrN3S. The molecule has 2 aromatic heterocycles. The molecule has 0 radical (unpaired) electrons. The van der Waals surface area contributed by atoms with Crippen molar-refractivity contribution in [1.29, 1.82) is 0 Å². The Labute approximate surface area is 101 Å². The first-order valence-electron chi connectivity index (χ1n) is 4.33. The largest absolute Gasteiger partial charge is 0.265 e. The van der Waals surface area contributed by atoms with Gasteiger partial charge >= 0.3 is 0 Å². The van der Waals surface area contributed by atoms with E-state index in [9.17, 15) is 0 Å². The Morgan fingerprint density at radius 1 is 1.20 bits per heavy atom. The van der Waals surface area contributed by atoms with Gasteiger partial charge in [0.15, 0.2) is 0 Å². The summed E-state index contributed by atoms with van der Waals surface area (Å²) in [6.45, 7) is 1.88. The minimum absolute atomic E-state index is 0.765. The molecule has 5 heteroatoms. The average Bonchev–Trinajstić information content (AvgIpc) is 2.17. The lowest BCUT2D eigenvalue weighted by atomic mass is 10.5. The van der Waals surface area contributed by atoms with E-state index in [4.69, 9.17) is 0 Å². The maximum Gasteiger partial charge on any atom is 0.127 e. The van der Waals surface area contributed by atoms with E-state index in [1.54, 1.807) is 24.2 Å². The zero-order valence-electron chi connectivity index (χ0n) is 8.01. The third-order valence-corrected chi connectivity index (χ3v) is 2.99. The monoisotopic (exact) mass is 281 g/mol. The summed E-state index contributed by atoms with van der Waals surface area (Å²) in [6, 6.07) is 5.81. The molecule has 0 saturated carbocycles. The zero-order valence-corrected chi connectivity index (χ0v) is 10.4. The van der Waals surface area contributed by atoms with E-state index in [1.165, 1.54) is 0 Å². The topological polar surface area (TPSA) is 38.7 Å². The van der Waals surface area contributed by atoms with Crippen LogP contribution in [0.5, 0.6) is 0 Å². The molecule has 0 N–H and O–H groups in total. The van der Waals surface area contributed by atoms with Gasteiger partial charge in [0.05, 0.1) is 0 Å². The van der Waals surface area contributed by atoms with Gasteiger partial charge in [-0.2, -0.15) is 0 Å². The number of halogens is 1. The van der Waals surface area contributed by atoms with Gasteiger partial charge in [-0.25, -0.2) is 9.97 Å². The first-order chi connectivity index (χ1) is 7.24. The van der Waals surface area contributed by atoms with Crippen LogP contribution in [0, 0.1) is 6.92 Å². The summed E-state index contributed by atoms with van der Waals surface area (Å²) in [6.07, 6.45) is 3.54. The lowest BCUT2D eigenvalue weighted by molar-refractivity contribution is 0.951. The molecule has 0 bridgehead atoms. The van der Waals surface area contributed by atoms with Crippen LogP contribution in [0.3, 0.4) is 0 Å². The van der Waals surface area contributed by atoms with Crippen LogP contribution in [-0.2, 0) is 0 Å². The second kappa shape index (κ2) is 4.72. The van der Waals surface area contributed by atoms with Crippen molar-refractivity contribution in [2.75, 3.05) is 0 Å². The van der Waals surface area contributed by atoms with Gasteiger partial charge in [0.25, 0.3) is 0 Å². The van der Waals surface area contributed by atoms with Gasteiger partial charge in [-0.15, -0.1) is 0 Å². The van der Waals surface area contributed by atoms with Crippen LogP contribution in [0.15, 0.2) is 45.1 Å². The fourth-order valence-electron chi connectivity index (χ4n) is 1.08. The van der Waals surface area contributed by atoms with Crippen LogP contribution < -0.4 is 0 Å². The minimum Gasteiger partial charge on any atom is -0.265 e. The van der Waals surface area contributed by atoms with Crippen molar-refractivity contribution in [2.24, 2.45) is 0 Å². The van der Waals surface area contributed by atoms with Crippen molar-refractivity contribution in [3.8, 4) is 0 Å². The molecule has 0 unspecified atom stereocenters. The molecule has 0 atom stereocenters. The van der Waals surface area contributed by atoms with Crippen molar-refractivity contribution in [3.63, 3.8) is 0 Å². The van der Waals surface area contributed by atoms with Gasteiger partial charge in [-0.05, 0) is 35.0 Å². The second-order valence-corrected chi connectivity index (χ2v) is 4.77. The predicted octanol–water partition coefficient (Wildman–Crippen LogP) is 3.09. The molecule has 3 nitrogen and oxygen atoms in total. The summed E-state index contributed by atoms with van der Waals surface area (Å²) < 4.78 is 0.812. The number of hydrogen-bond donors (Lipinski definition) is 0. The molecule has 0 spiro atoms. The molecule has 0 aromatic carbocycles. The fraction of sp³-hybridized carbons (Fsp3) is 0.100. The summed E-state index contributed by atoms with van der Waals surface area (Å²) in [5.74, 6) is 0.765. The molecule has 2 rings (SSSR count). The molecule has 0 fully saturated rings. The van der Waals surface area contributed by atoms with Crippen molar-refractivity contribution in [3.05, 3.63) is 41.0 Å². The first kappa shape index (κ1) is 10.6. The van der Waals surface area contributed by atoms with Crippen LogP contribution >= 0.6 is 27.7 Å². The zero-order chi connectivity index (χ0) is 10.7. The normalized spacial score (nSPS) is 10.3. The molecule has 0 amide bonds. The van der Waals surface area contributed by atoms with E-state index in [0.717, 1.165) is 20.3 Å². The quantitative estimate of drug-likeness (QED) is 0.793. The fourth-order valence-corrected chi connectivity index (χ4v) is 2.56. The second-order valence-electron chi connectivity index (χ2n) is 2.86. The van der Waals surface area contributed by atoms with E-state index in [1.807, 2.05) is 25.1 Å². The highest BCUT2D eigenvalue weighted by Gasteiger charge is 2.01. The van der Waals surface area contributed by atoms with Gasteiger partial charge in [-0.1, -0.05) is 11.8 Å². The first-order valence-corrected chi connectivity index (χ1v) is 5.94. The van der Waals surface area contributed by atoms with E-state index in [0.29, 0.717) is 0 Å². The van der Waals surface area contributed by atoms with Crippen LogP contribution in [0.1, 0.15) is 5.82 Å². The Bertz CT molecular complexity index is 441. The van der Waals surface area contributed by atoms with Gasteiger partial charge < -0.3 is 0 Å². The molecule has 0 aliphatic heterocycles. The van der Waals surface area contributed by atoms with Crippen molar-refractivity contribution >= 4 is 27.7 Å². The van der Waals surface area contributed by atoms with Gasteiger partial charge in [0, 0.05) is 23.4 Å². The molecule has 0 aliphatic carbocycles. The Kier molecular flexibility index (Phi) is 3.33. The lowest BCUT2D eigenvalue weighted by Gasteiger charge is -2.01. The lowest BCUT2D eigenvalue weighted by Crippen LogP contribution is -1.89. The van der Waals surface area contributed by atoms with Crippen molar-refractivity contribution in [2.45, 2.75) is 16.8 Å². The van der Waals surface area contributed by atoms with Gasteiger partial charge in [-0.3, -0.25) is 4.98 Å². The summed E-state index contributed by atoms with van der Waals surface area (Å²) >= 11 is 4.94. The number of nitrogens with zero attached hydrogens (tertiary/aromatic N) is 3. The number of aryl methyl sites for hydroxylation is 1. The molecule has 2 aromatic rings. The highest BCUT2D eigenvalue weighted by Crippen LogP contribution is 2.26. The Balaban J connectivity index is 2.25. The van der Waals surface area contributed by atoms with Crippen molar-refractivity contribution < 1.29 is 0 Å². The predicted molar refractivity (Wildman–Crippen MR) is 62.8 cm³/mol. The third kappa shape index (κ3) is 3.00. The van der Waals surface area contributed by atoms with Crippen LogP contribution in [0.25, 0.3) is 0 Å². The smallest absolute Gasteiger partial charge is 0.127 e. The van der Waals surface area contributed by atoms with Crippen LogP contribution in [-0.4, -0.2) is 15.0 Å². The summed E-state index contributed by atoms with van der Waals surface area (Å²) in [5, 5.41) is 0.931. The molecule has 76 valence electrons. The van der Waals surface area contributed by atoms with Crippen LogP contribution in [0.4, 0.5) is 0 Å². The Morgan fingerprint density at radius 3 is 2.60 bits per heavy atom. The highest BCUT2D eigenvalue weighted by atomic mass is 79.9. The summed E-state index contributed by atoms with van der Waals surface area (Å²) in [5.41, 5.74) is 0. The molecule has 15 heavy (non-hydrogen) atoms. The third-order valence-electron chi connectivity index (χ3n) is 1.66. The van der Waals surface area contributed by atoms with E-state index in [2.05, 4.69) is 30.9 Å². The average molecular weight is 282 g/mol. The summed E-state index contributed by atoms with van der Waals surface area (Å²) in [7, 11) is 0. The molecule has 0 aliphatic rings. The molecule has 2 heterocycles. The van der Waals surface area contributed by atoms with E-state index >= 15 is 0 Å². The van der Waals surface area contributed by atoms with Gasteiger partial charge in [0.1, 0.15) is 15.5 Å². The number of hydrogen-bond acceptors (Lipinski definition) is 4. The highest BCUT2D eigenvalue weighted by molar-refractivity contribution is 9.10. The Hall–Kier alpha value is -0.940. The Morgan fingerprint density at radius 2 is 1.93 bits per heavy atom. The number of pyridine rings is 1. The van der Waals surface area contributed by atoms with Gasteiger partial charge in [0.2, 0.25) is 0 Å². The number of rotatable bonds is 2. The standard InChI is InChI=1S/C10H8BrN3S/c1-7-13-9(11)6-10(14-7)15-8-2-4-12-5-3-8/h2-6H,1H3. The van der Waals surface area contributed by atoms with Crippen molar-refractivity contribution in [1.82, 2.24) is 15.0 Å². The molecular weight excluding hydrogens is 274 g/mol. The minimum atomic E-state index is 0.765. The maximum atomic E-state index is 4.33. The van der Waals surface area contributed by atoms with Crippen LogP contribution in [0.2, 0.25) is 0 Å². The van der Waals surface area contributed by atoms with E-state index in [-0.39, 0.29) is 0 Å². The summed E-state index contributed by atoms with van der Waals surface area (Å²) in [4.78, 5) is 13.6. The maximum absolute atomic E-state index is 4.33. The SMILES string of the molecule is Cc1nc(Br)cc(Sc2ccncc2)n1. The number of aromatic nitrogens is 3. The molecule has 0 saturated heterocycles. The van der Waals surface area contributed by atoms with E-state index < -0.39 is 0 Å².